The Kier molecular flexibility index (Phi) is 5.12. The Bertz CT molecular complexity index is 1150. The van der Waals surface area contributed by atoms with Crippen molar-refractivity contribution < 1.29 is 13.9 Å². The van der Waals surface area contributed by atoms with E-state index in [2.05, 4.69) is 26.2 Å². The first-order chi connectivity index (χ1) is 13.6. The molecule has 1 aromatic heterocycles. The van der Waals surface area contributed by atoms with Crippen molar-refractivity contribution in [1.29, 1.82) is 0 Å². The lowest BCUT2D eigenvalue weighted by Gasteiger charge is -2.07. The van der Waals surface area contributed by atoms with Crippen LogP contribution in [0, 0.1) is 0 Å². The smallest absolute Gasteiger partial charge is 0.255 e. The van der Waals surface area contributed by atoms with E-state index >= 15 is 0 Å². The highest BCUT2D eigenvalue weighted by Crippen LogP contribution is 2.31. The average Bonchev–Trinajstić information content (AvgIpc) is 3.12. The highest BCUT2D eigenvalue weighted by atomic mass is 79.9. The Morgan fingerprint density at radius 2 is 1.96 bits per heavy atom. The minimum Gasteiger partial charge on any atom is -0.494 e. The highest BCUT2D eigenvalue weighted by molar-refractivity contribution is 9.10. The van der Waals surface area contributed by atoms with Gasteiger partial charge < -0.3 is 14.5 Å². The molecule has 0 bridgehead atoms. The number of rotatable bonds is 5. The summed E-state index contributed by atoms with van der Waals surface area (Å²) >= 11 is 3.51. The summed E-state index contributed by atoms with van der Waals surface area (Å²) in [5, 5.41) is 2.89. The normalized spacial score (nSPS) is 10.8. The number of aromatic nitrogens is 1. The molecule has 0 unspecified atom stereocenters. The number of nitrogens with one attached hydrogen (secondary N) is 1. The summed E-state index contributed by atoms with van der Waals surface area (Å²) in [7, 11) is 0. The molecule has 0 aliphatic carbocycles. The van der Waals surface area contributed by atoms with Gasteiger partial charge in [0.25, 0.3) is 5.91 Å². The van der Waals surface area contributed by atoms with Crippen LogP contribution in [-0.2, 0) is 0 Å². The molecule has 0 fully saturated rings. The van der Waals surface area contributed by atoms with Crippen LogP contribution >= 0.6 is 15.9 Å². The molecule has 5 nitrogen and oxygen atoms in total. The molecule has 0 spiro atoms. The number of anilines is 1. The molecule has 4 rings (SSSR count). The SMILES string of the molecule is CCOc1cccc(C(=O)Nc2ccc3oc(-c4ccccc4Br)nc3c2)c1. The van der Waals surface area contributed by atoms with Gasteiger partial charge in [-0.3, -0.25) is 4.79 Å². The minimum atomic E-state index is -0.213. The third-order valence-electron chi connectivity index (χ3n) is 4.16. The molecule has 4 aromatic rings. The molecule has 0 aliphatic rings. The van der Waals surface area contributed by atoms with Crippen molar-refractivity contribution in [3.63, 3.8) is 0 Å². The van der Waals surface area contributed by atoms with E-state index < -0.39 is 0 Å². The van der Waals surface area contributed by atoms with Gasteiger partial charge in [0, 0.05) is 15.7 Å². The van der Waals surface area contributed by atoms with E-state index in [-0.39, 0.29) is 5.91 Å². The summed E-state index contributed by atoms with van der Waals surface area (Å²) in [6.07, 6.45) is 0. The zero-order valence-corrected chi connectivity index (χ0v) is 16.7. The first-order valence-corrected chi connectivity index (χ1v) is 9.63. The van der Waals surface area contributed by atoms with E-state index in [4.69, 9.17) is 9.15 Å². The molecule has 1 amide bonds. The van der Waals surface area contributed by atoms with Crippen LogP contribution < -0.4 is 10.1 Å². The van der Waals surface area contributed by atoms with Crippen molar-refractivity contribution in [2.45, 2.75) is 6.92 Å². The molecular weight excluding hydrogens is 420 g/mol. The second kappa shape index (κ2) is 7.86. The maximum atomic E-state index is 12.6. The summed E-state index contributed by atoms with van der Waals surface area (Å²) in [6.45, 7) is 2.45. The quantitative estimate of drug-likeness (QED) is 0.422. The number of oxazole rings is 1. The van der Waals surface area contributed by atoms with Crippen LogP contribution in [-0.4, -0.2) is 17.5 Å². The van der Waals surface area contributed by atoms with Crippen LogP contribution in [0.25, 0.3) is 22.6 Å². The van der Waals surface area contributed by atoms with E-state index in [9.17, 15) is 4.79 Å². The fraction of sp³-hybridized carbons (Fsp3) is 0.0909. The fourth-order valence-corrected chi connectivity index (χ4v) is 3.31. The molecule has 140 valence electrons. The van der Waals surface area contributed by atoms with E-state index in [1.54, 1.807) is 36.4 Å². The second-order valence-corrected chi connectivity index (χ2v) is 6.95. The maximum absolute atomic E-state index is 12.6. The molecule has 1 heterocycles. The van der Waals surface area contributed by atoms with Gasteiger partial charge in [0.15, 0.2) is 5.58 Å². The van der Waals surface area contributed by atoms with Gasteiger partial charge in [-0.25, -0.2) is 4.98 Å². The molecule has 0 saturated carbocycles. The standard InChI is InChI=1S/C22H17BrN2O3/c1-2-27-16-7-5-6-14(12-16)21(26)24-15-10-11-20-19(13-15)25-22(28-20)17-8-3-4-9-18(17)23/h3-13H,2H2,1H3,(H,24,26). The second-order valence-electron chi connectivity index (χ2n) is 6.10. The van der Waals surface area contributed by atoms with Crippen LogP contribution in [0.3, 0.4) is 0 Å². The molecule has 28 heavy (non-hydrogen) atoms. The number of amides is 1. The van der Waals surface area contributed by atoms with Crippen molar-refractivity contribution in [2.24, 2.45) is 0 Å². The molecule has 0 radical (unpaired) electrons. The van der Waals surface area contributed by atoms with Gasteiger partial charge in [-0.15, -0.1) is 0 Å². The molecule has 6 heteroatoms. The third-order valence-corrected chi connectivity index (χ3v) is 4.85. The third kappa shape index (κ3) is 3.77. The summed E-state index contributed by atoms with van der Waals surface area (Å²) in [6, 6.07) is 20.2. The average molecular weight is 437 g/mol. The Morgan fingerprint density at radius 3 is 2.79 bits per heavy atom. The van der Waals surface area contributed by atoms with Gasteiger partial charge in [-0.05, 0) is 71.4 Å². The van der Waals surface area contributed by atoms with Crippen LogP contribution in [0.5, 0.6) is 5.75 Å². The first-order valence-electron chi connectivity index (χ1n) is 8.84. The minimum absolute atomic E-state index is 0.213. The molecule has 0 aliphatic heterocycles. The number of ether oxygens (including phenoxy) is 1. The van der Waals surface area contributed by atoms with Gasteiger partial charge in [-0.2, -0.15) is 0 Å². The van der Waals surface area contributed by atoms with Gasteiger partial charge in [0.1, 0.15) is 11.3 Å². The lowest BCUT2D eigenvalue weighted by atomic mass is 10.2. The number of nitrogens with zero attached hydrogens (tertiary/aromatic N) is 1. The molecule has 0 atom stereocenters. The number of hydrogen-bond donors (Lipinski definition) is 1. The lowest BCUT2D eigenvalue weighted by molar-refractivity contribution is 0.102. The number of carbonyl (C=O) groups excluding carboxylic acids is 1. The van der Waals surface area contributed by atoms with Gasteiger partial charge in [0.05, 0.1) is 12.2 Å². The summed E-state index contributed by atoms with van der Waals surface area (Å²) < 4.78 is 12.2. The van der Waals surface area contributed by atoms with Crippen LogP contribution in [0.4, 0.5) is 5.69 Å². The van der Waals surface area contributed by atoms with Gasteiger partial charge in [-0.1, -0.05) is 18.2 Å². The summed E-state index contributed by atoms with van der Waals surface area (Å²) in [5.41, 5.74) is 3.37. The maximum Gasteiger partial charge on any atom is 0.255 e. The van der Waals surface area contributed by atoms with Crippen molar-refractivity contribution in [3.05, 3.63) is 76.8 Å². The zero-order chi connectivity index (χ0) is 19.5. The Morgan fingerprint density at radius 1 is 1.11 bits per heavy atom. The first kappa shape index (κ1) is 18.3. The number of benzene rings is 3. The monoisotopic (exact) mass is 436 g/mol. The van der Waals surface area contributed by atoms with Crippen LogP contribution in [0.1, 0.15) is 17.3 Å². The van der Waals surface area contributed by atoms with Crippen molar-refractivity contribution in [3.8, 4) is 17.2 Å². The largest absolute Gasteiger partial charge is 0.494 e. The Labute approximate surface area is 170 Å². The predicted molar refractivity (Wildman–Crippen MR) is 113 cm³/mol. The van der Waals surface area contributed by atoms with Crippen molar-refractivity contribution in [2.75, 3.05) is 11.9 Å². The number of halogens is 1. The Balaban J connectivity index is 1.59. The lowest BCUT2D eigenvalue weighted by Crippen LogP contribution is -2.11. The molecule has 1 N–H and O–H groups in total. The Hall–Kier alpha value is -3.12. The molecule has 0 saturated heterocycles. The number of carbonyl (C=O) groups is 1. The van der Waals surface area contributed by atoms with Crippen LogP contribution in [0.15, 0.2) is 75.6 Å². The number of hydrogen-bond acceptors (Lipinski definition) is 4. The molecular formula is C22H17BrN2O3. The highest BCUT2D eigenvalue weighted by Gasteiger charge is 2.13. The summed E-state index contributed by atoms with van der Waals surface area (Å²) in [5.74, 6) is 0.978. The van der Waals surface area contributed by atoms with E-state index in [1.165, 1.54) is 0 Å². The van der Waals surface area contributed by atoms with Crippen molar-refractivity contribution in [1.82, 2.24) is 4.98 Å². The predicted octanol–water partition coefficient (Wildman–Crippen LogP) is 5.91. The zero-order valence-electron chi connectivity index (χ0n) is 15.1. The fourth-order valence-electron chi connectivity index (χ4n) is 2.85. The van der Waals surface area contributed by atoms with E-state index in [1.807, 2.05) is 37.3 Å². The van der Waals surface area contributed by atoms with E-state index in [0.717, 1.165) is 10.0 Å². The van der Waals surface area contributed by atoms with Crippen molar-refractivity contribution >= 4 is 38.6 Å². The number of fused-ring (bicyclic) bond motifs is 1. The van der Waals surface area contributed by atoms with Gasteiger partial charge >= 0.3 is 0 Å². The van der Waals surface area contributed by atoms with Crippen LogP contribution in [0.2, 0.25) is 0 Å². The van der Waals surface area contributed by atoms with E-state index in [0.29, 0.717) is 40.6 Å². The summed E-state index contributed by atoms with van der Waals surface area (Å²) in [4.78, 5) is 17.1. The molecule has 3 aromatic carbocycles. The topological polar surface area (TPSA) is 64.4 Å². The van der Waals surface area contributed by atoms with Gasteiger partial charge in [0.2, 0.25) is 5.89 Å².